The lowest BCUT2D eigenvalue weighted by atomic mass is 10.9. The second kappa shape index (κ2) is 123. The van der Waals surface area contributed by atoms with Crippen LogP contribution in [0.15, 0.2) is 0 Å². The van der Waals surface area contributed by atoms with Crippen LogP contribution in [0, 0.1) is 0 Å². The highest BCUT2D eigenvalue weighted by atomic mass is 16.3. The zero-order valence-corrected chi connectivity index (χ0v) is 10.5. The Morgan fingerprint density at radius 3 is 0.786 bits per heavy atom. The van der Waals surface area contributed by atoms with E-state index >= 15 is 0 Å². The number of hydrogen-bond acceptors (Lipinski definition) is 5. The van der Waals surface area contributed by atoms with E-state index in [-0.39, 0.29) is 19.8 Å². The van der Waals surface area contributed by atoms with Crippen molar-refractivity contribution in [3.63, 3.8) is 0 Å². The van der Waals surface area contributed by atoms with Gasteiger partial charge in [0, 0.05) is 19.8 Å². The molecule has 0 aromatic heterocycles. The van der Waals surface area contributed by atoms with Crippen LogP contribution in [0.1, 0.15) is 20.8 Å². The molecule has 0 heterocycles. The molecule has 0 fully saturated rings. The fourth-order valence-electron chi connectivity index (χ4n) is 0. The van der Waals surface area contributed by atoms with E-state index in [1.54, 1.807) is 20.8 Å². The summed E-state index contributed by atoms with van der Waals surface area (Å²) in [6.07, 6.45) is 0. The molecule has 0 aliphatic rings. The molecule has 0 aromatic rings. The third kappa shape index (κ3) is 34400. The Labute approximate surface area is 89.0 Å². The predicted octanol–water partition coefficient (Wildman–Crippen LogP) is -0.594. The van der Waals surface area contributed by atoms with E-state index in [0.29, 0.717) is 0 Å². The summed E-state index contributed by atoms with van der Waals surface area (Å²) in [5.41, 5.74) is 4.50. The van der Waals surface area contributed by atoms with E-state index in [0.717, 1.165) is 0 Å². The van der Waals surface area contributed by atoms with Gasteiger partial charge in [-0.3, -0.25) is 0 Å². The molecule has 14 heavy (non-hydrogen) atoms. The molecule has 0 aliphatic heterocycles. The van der Waals surface area contributed by atoms with E-state index < -0.39 is 0 Å². The van der Waals surface area contributed by atoms with Crippen molar-refractivity contribution >= 4 is 0 Å². The largest absolute Gasteiger partial charge is 0.397 e. The van der Waals surface area contributed by atoms with Gasteiger partial charge < -0.3 is 26.4 Å². The second-order valence-corrected chi connectivity index (χ2v) is 1.45. The molecule has 0 rings (SSSR count). The first-order chi connectivity index (χ1) is 6.66. The molecule has 0 aromatic carbocycles. The minimum atomic E-state index is 0.250. The highest BCUT2D eigenvalue weighted by Crippen LogP contribution is 1.30. The van der Waals surface area contributed by atoms with Crippen LogP contribution in [-0.2, 0) is 0 Å². The number of hydrogen-bond donors (Lipinski definition) is 5. The summed E-state index contributed by atoms with van der Waals surface area (Å²) >= 11 is 0. The zero-order valence-electron chi connectivity index (χ0n) is 10.5. The third-order valence-corrected chi connectivity index (χ3v) is 0. The summed E-state index contributed by atoms with van der Waals surface area (Å²) in [6.45, 7) is 5.79. The van der Waals surface area contributed by atoms with Crippen molar-refractivity contribution in [1.29, 1.82) is 0 Å². The van der Waals surface area contributed by atoms with Gasteiger partial charge in [-0.15, -0.1) is 0 Å². The van der Waals surface area contributed by atoms with Crippen LogP contribution in [-0.4, -0.2) is 56.3 Å². The molecular weight excluding hydrogens is 184 g/mol. The maximum absolute atomic E-state index is 7.57. The SMILES string of the molecule is CCO.CCO.CCO.CN.CNC. The normalized spacial score (nSPS) is 5.57. The van der Waals surface area contributed by atoms with Gasteiger partial charge in [-0.05, 0) is 41.9 Å². The molecule has 94 valence electrons. The number of aliphatic hydroxyl groups is 3. The minimum Gasteiger partial charge on any atom is -0.397 e. The quantitative estimate of drug-likeness (QED) is 0.371. The van der Waals surface area contributed by atoms with Crippen molar-refractivity contribution in [2.75, 3.05) is 41.0 Å². The summed E-state index contributed by atoms with van der Waals surface area (Å²) in [5, 5.41) is 25.5. The zero-order chi connectivity index (χ0) is 12.8. The van der Waals surface area contributed by atoms with Crippen LogP contribution in [0.25, 0.3) is 0 Å². The average Bonchev–Trinajstić information content (AvgIpc) is 2.12. The van der Waals surface area contributed by atoms with Crippen LogP contribution in [0.3, 0.4) is 0 Å². The van der Waals surface area contributed by atoms with Gasteiger partial charge in [-0.1, -0.05) is 0 Å². The van der Waals surface area contributed by atoms with Gasteiger partial charge in [0.25, 0.3) is 0 Å². The summed E-state index contributed by atoms with van der Waals surface area (Å²) in [7, 11) is 5.25. The third-order valence-electron chi connectivity index (χ3n) is 0. The van der Waals surface area contributed by atoms with Crippen molar-refractivity contribution in [3.8, 4) is 0 Å². The van der Waals surface area contributed by atoms with Crippen molar-refractivity contribution < 1.29 is 15.3 Å². The predicted molar refractivity (Wildman–Crippen MR) is 63.4 cm³/mol. The fourth-order valence-corrected chi connectivity index (χ4v) is 0. The summed E-state index contributed by atoms with van der Waals surface area (Å²) in [5.74, 6) is 0. The lowest BCUT2D eigenvalue weighted by molar-refractivity contribution is 0.318. The van der Waals surface area contributed by atoms with Gasteiger partial charge >= 0.3 is 0 Å². The Bertz CT molecular complexity index is 26.0. The smallest absolute Gasteiger partial charge is 0.0402 e. The molecule has 0 saturated carbocycles. The van der Waals surface area contributed by atoms with Gasteiger partial charge in [0.1, 0.15) is 0 Å². The van der Waals surface area contributed by atoms with E-state index in [2.05, 4.69) is 11.1 Å². The Kier molecular flexibility index (Phi) is 257. The number of nitrogens with two attached hydrogens (primary N) is 1. The first-order valence-electron chi connectivity index (χ1n) is 4.65. The van der Waals surface area contributed by atoms with Crippen molar-refractivity contribution in [3.05, 3.63) is 0 Å². The molecule has 5 nitrogen and oxygen atoms in total. The molecule has 0 unspecified atom stereocenters. The molecule has 0 saturated heterocycles. The van der Waals surface area contributed by atoms with Gasteiger partial charge in [-0.25, -0.2) is 0 Å². The molecule has 0 spiro atoms. The van der Waals surface area contributed by atoms with E-state index in [1.165, 1.54) is 7.05 Å². The van der Waals surface area contributed by atoms with E-state index in [4.69, 9.17) is 15.3 Å². The van der Waals surface area contributed by atoms with Crippen LogP contribution >= 0.6 is 0 Å². The second-order valence-electron chi connectivity index (χ2n) is 1.45. The highest BCUT2D eigenvalue weighted by molar-refractivity contribution is 3.91. The summed E-state index contributed by atoms with van der Waals surface area (Å²) in [6, 6.07) is 0. The van der Waals surface area contributed by atoms with E-state index in [9.17, 15) is 0 Å². The highest BCUT2D eigenvalue weighted by Gasteiger charge is 1.35. The average molecular weight is 214 g/mol. The lowest BCUT2D eigenvalue weighted by Crippen LogP contribution is -1.89. The monoisotopic (exact) mass is 214 g/mol. The molecule has 5 heteroatoms. The Morgan fingerprint density at radius 1 is 0.786 bits per heavy atom. The van der Waals surface area contributed by atoms with Gasteiger partial charge in [-0.2, -0.15) is 0 Å². The van der Waals surface area contributed by atoms with Crippen LogP contribution < -0.4 is 11.1 Å². The summed E-state index contributed by atoms with van der Waals surface area (Å²) < 4.78 is 0. The lowest BCUT2D eigenvalue weighted by Gasteiger charge is -1.59. The van der Waals surface area contributed by atoms with Crippen molar-refractivity contribution in [2.45, 2.75) is 20.8 Å². The van der Waals surface area contributed by atoms with Crippen molar-refractivity contribution in [2.24, 2.45) is 5.73 Å². The van der Waals surface area contributed by atoms with Crippen molar-refractivity contribution in [1.82, 2.24) is 5.32 Å². The molecule has 6 N–H and O–H groups in total. The number of rotatable bonds is 0. The van der Waals surface area contributed by atoms with Crippen LogP contribution in [0.5, 0.6) is 0 Å². The maximum atomic E-state index is 7.57. The maximum Gasteiger partial charge on any atom is 0.0402 e. The topological polar surface area (TPSA) is 98.7 Å². The molecule has 0 aliphatic carbocycles. The molecule has 0 bridgehead atoms. The number of nitrogens with one attached hydrogen (secondary N) is 1. The molecule has 0 radical (unpaired) electrons. The fraction of sp³-hybridized carbons (Fsp3) is 1.00. The van der Waals surface area contributed by atoms with Gasteiger partial charge in [0.2, 0.25) is 0 Å². The van der Waals surface area contributed by atoms with Gasteiger partial charge in [0.15, 0.2) is 0 Å². The molecule has 0 atom stereocenters. The van der Waals surface area contributed by atoms with Gasteiger partial charge in [0.05, 0.1) is 0 Å². The minimum absolute atomic E-state index is 0.250. The van der Waals surface area contributed by atoms with E-state index in [1.807, 2.05) is 14.1 Å². The van der Waals surface area contributed by atoms with Crippen LogP contribution in [0.2, 0.25) is 0 Å². The number of aliphatic hydroxyl groups excluding tert-OH is 3. The molecular formula is C9H30N2O3. The first kappa shape index (κ1) is 29.2. The Hall–Kier alpha value is -0.200. The molecule has 0 amide bonds. The first-order valence-corrected chi connectivity index (χ1v) is 4.65. The summed E-state index contributed by atoms with van der Waals surface area (Å²) in [4.78, 5) is 0. The standard InChI is InChI=1S/C2H7N.3C2H6O.CH5N/c1-3-2;3*1-2-3;1-2/h3H,1-2H3;3*3H,2H2,1H3;2H2,1H3. The van der Waals surface area contributed by atoms with Crippen LogP contribution in [0.4, 0.5) is 0 Å². The Morgan fingerprint density at radius 2 is 0.786 bits per heavy atom. The Balaban J connectivity index is -0.0000000243.